The number of benzene rings is 2. The van der Waals surface area contributed by atoms with E-state index in [0.29, 0.717) is 5.69 Å². The van der Waals surface area contributed by atoms with E-state index < -0.39 is 4.92 Å². The summed E-state index contributed by atoms with van der Waals surface area (Å²) in [4.78, 5) is 19.1. The summed E-state index contributed by atoms with van der Waals surface area (Å²) in [6, 6.07) is 14.1. The van der Waals surface area contributed by atoms with Crippen LogP contribution in [-0.4, -0.2) is 14.9 Å². The highest BCUT2D eigenvalue weighted by atomic mass is 16.6. The number of nitro benzene ring substituents is 1. The first-order chi connectivity index (χ1) is 10.2. The summed E-state index contributed by atoms with van der Waals surface area (Å²) in [7, 11) is 0. The Balaban J connectivity index is 1.90. The van der Waals surface area contributed by atoms with Crippen molar-refractivity contribution in [1.82, 2.24) is 9.97 Å². The van der Waals surface area contributed by atoms with Crippen LogP contribution in [0.3, 0.4) is 0 Å². The van der Waals surface area contributed by atoms with Crippen molar-refractivity contribution in [3.8, 4) is 0 Å². The Morgan fingerprint density at radius 3 is 2.62 bits per heavy atom. The molecule has 0 saturated heterocycles. The number of aromatic nitrogens is 2. The first-order valence-corrected chi connectivity index (χ1v) is 6.37. The van der Waals surface area contributed by atoms with Crippen molar-refractivity contribution in [3.63, 3.8) is 0 Å². The van der Waals surface area contributed by atoms with Crippen molar-refractivity contribution < 1.29 is 4.92 Å². The molecule has 0 aliphatic rings. The molecule has 0 spiro atoms. The first-order valence-electron chi connectivity index (χ1n) is 6.37. The topological polar surface area (TPSA) is 68.9 Å². The fraction of sp³-hybridized carbons (Fsp3) is 0. The van der Waals surface area contributed by atoms with E-state index in [2.05, 4.69) is 9.97 Å². The molecule has 0 aliphatic heterocycles. The summed E-state index contributed by atoms with van der Waals surface area (Å²) in [6.07, 6.45) is 5.25. The molecule has 3 rings (SSSR count). The minimum absolute atomic E-state index is 0.0711. The van der Waals surface area contributed by atoms with Crippen molar-refractivity contribution >= 4 is 28.9 Å². The van der Waals surface area contributed by atoms with Gasteiger partial charge in [-0.1, -0.05) is 30.3 Å². The fourth-order valence-electron chi connectivity index (χ4n) is 1.98. The van der Waals surface area contributed by atoms with Crippen LogP contribution < -0.4 is 0 Å². The van der Waals surface area contributed by atoms with Crippen LogP contribution in [0.1, 0.15) is 11.3 Å². The highest BCUT2D eigenvalue weighted by molar-refractivity contribution is 5.76. The average Bonchev–Trinajstić information content (AvgIpc) is 2.53. The van der Waals surface area contributed by atoms with Gasteiger partial charge in [0.1, 0.15) is 0 Å². The van der Waals surface area contributed by atoms with E-state index in [1.165, 1.54) is 12.1 Å². The Kier molecular flexibility index (Phi) is 3.39. The van der Waals surface area contributed by atoms with Gasteiger partial charge >= 0.3 is 0 Å². The Morgan fingerprint density at radius 1 is 1.00 bits per heavy atom. The number of rotatable bonds is 3. The second-order valence-electron chi connectivity index (χ2n) is 4.47. The second kappa shape index (κ2) is 5.50. The Bertz CT molecular complexity index is 844. The smallest absolute Gasteiger partial charge is 0.258 e. The van der Waals surface area contributed by atoms with Crippen molar-refractivity contribution in [2.45, 2.75) is 0 Å². The monoisotopic (exact) mass is 277 g/mol. The predicted molar refractivity (Wildman–Crippen MR) is 81.6 cm³/mol. The fourth-order valence-corrected chi connectivity index (χ4v) is 1.98. The molecular weight excluding hydrogens is 266 g/mol. The van der Waals surface area contributed by atoms with Crippen LogP contribution in [0.4, 0.5) is 5.69 Å². The molecule has 0 fully saturated rings. The van der Waals surface area contributed by atoms with Crippen LogP contribution in [0, 0.1) is 10.1 Å². The molecular formula is C16H11N3O2. The molecule has 3 aromatic rings. The van der Waals surface area contributed by atoms with Crippen molar-refractivity contribution in [1.29, 1.82) is 0 Å². The summed E-state index contributed by atoms with van der Waals surface area (Å²) in [5.41, 5.74) is 3.19. The lowest BCUT2D eigenvalue weighted by Crippen LogP contribution is -1.88. The number of nitrogens with zero attached hydrogens (tertiary/aromatic N) is 3. The number of non-ortho nitro benzene ring substituents is 1. The lowest BCUT2D eigenvalue weighted by atomic mass is 10.2. The maximum atomic E-state index is 10.7. The third-order valence-electron chi connectivity index (χ3n) is 2.99. The standard InChI is InChI=1S/C16H11N3O2/c20-19(21)14-5-3-4-12(10-14)8-9-13-11-17-15-6-1-2-7-16(15)18-13/h1-11H. The molecule has 0 radical (unpaired) electrons. The van der Waals surface area contributed by atoms with Crippen LogP contribution in [0.25, 0.3) is 23.2 Å². The van der Waals surface area contributed by atoms with Crippen LogP contribution >= 0.6 is 0 Å². The predicted octanol–water partition coefficient (Wildman–Crippen LogP) is 3.71. The van der Waals surface area contributed by atoms with Gasteiger partial charge in [-0.05, 0) is 23.8 Å². The van der Waals surface area contributed by atoms with E-state index in [1.54, 1.807) is 30.5 Å². The van der Waals surface area contributed by atoms with Crippen molar-refractivity contribution in [2.24, 2.45) is 0 Å². The lowest BCUT2D eigenvalue weighted by molar-refractivity contribution is -0.384. The normalized spacial score (nSPS) is 11.0. The zero-order valence-electron chi connectivity index (χ0n) is 11.0. The molecule has 5 nitrogen and oxygen atoms in total. The maximum absolute atomic E-state index is 10.7. The summed E-state index contributed by atoms with van der Waals surface area (Å²) in [5, 5.41) is 10.7. The molecule has 0 saturated carbocycles. The molecule has 0 bridgehead atoms. The Hall–Kier alpha value is -3.08. The van der Waals surface area contributed by atoms with Gasteiger partial charge in [-0.3, -0.25) is 15.1 Å². The molecule has 0 unspecified atom stereocenters. The maximum Gasteiger partial charge on any atom is 0.270 e. The lowest BCUT2D eigenvalue weighted by Gasteiger charge is -1.98. The largest absolute Gasteiger partial charge is 0.270 e. The van der Waals surface area contributed by atoms with Crippen LogP contribution in [0.15, 0.2) is 54.7 Å². The third-order valence-corrected chi connectivity index (χ3v) is 2.99. The molecule has 2 aromatic carbocycles. The van der Waals surface area contributed by atoms with Gasteiger partial charge in [0.05, 0.1) is 27.8 Å². The molecule has 5 heteroatoms. The zero-order chi connectivity index (χ0) is 14.7. The minimum atomic E-state index is -0.410. The van der Waals surface area contributed by atoms with Crippen LogP contribution in [0.5, 0.6) is 0 Å². The second-order valence-corrected chi connectivity index (χ2v) is 4.47. The molecule has 1 heterocycles. The Labute approximate surface area is 120 Å². The molecule has 0 aliphatic carbocycles. The van der Waals surface area contributed by atoms with E-state index in [1.807, 2.05) is 24.3 Å². The van der Waals surface area contributed by atoms with Crippen LogP contribution in [-0.2, 0) is 0 Å². The third kappa shape index (κ3) is 2.92. The van der Waals surface area contributed by atoms with Gasteiger partial charge in [0.25, 0.3) is 5.69 Å². The minimum Gasteiger partial charge on any atom is -0.258 e. The van der Waals surface area contributed by atoms with Gasteiger partial charge in [0.15, 0.2) is 0 Å². The molecule has 102 valence electrons. The molecule has 1 aromatic heterocycles. The SMILES string of the molecule is O=[N+]([O-])c1cccc(C=Cc2cnc3ccccc3n2)c1. The van der Waals surface area contributed by atoms with Crippen LogP contribution in [0.2, 0.25) is 0 Å². The number of nitro groups is 1. The summed E-state index contributed by atoms with van der Waals surface area (Å²) >= 11 is 0. The zero-order valence-corrected chi connectivity index (χ0v) is 11.0. The van der Waals surface area contributed by atoms with E-state index in [-0.39, 0.29) is 5.69 Å². The molecule has 0 atom stereocenters. The highest BCUT2D eigenvalue weighted by Gasteiger charge is 2.03. The van der Waals surface area contributed by atoms with Gasteiger partial charge < -0.3 is 0 Å². The molecule has 21 heavy (non-hydrogen) atoms. The summed E-state index contributed by atoms with van der Waals surface area (Å²) in [6.45, 7) is 0. The highest BCUT2D eigenvalue weighted by Crippen LogP contribution is 2.16. The van der Waals surface area contributed by atoms with Crippen molar-refractivity contribution in [3.05, 3.63) is 76.1 Å². The van der Waals surface area contributed by atoms with Gasteiger partial charge in [0.2, 0.25) is 0 Å². The Morgan fingerprint density at radius 2 is 1.81 bits per heavy atom. The van der Waals surface area contributed by atoms with E-state index >= 15 is 0 Å². The average molecular weight is 277 g/mol. The first kappa shape index (κ1) is 12.9. The number of para-hydroxylation sites is 2. The number of fused-ring (bicyclic) bond motifs is 1. The quantitative estimate of drug-likeness (QED) is 0.540. The van der Waals surface area contributed by atoms with Gasteiger partial charge in [-0.25, -0.2) is 4.98 Å². The number of hydrogen-bond acceptors (Lipinski definition) is 4. The van der Waals surface area contributed by atoms with Crippen molar-refractivity contribution in [2.75, 3.05) is 0 Å². The van der Waals surface area contributed by atoms with Gasteiger partial charge in [-0.2, -0.15) is 0 Å². The molecule has 0 N–H and O–H groups in total. The van der Waals surface area contributed by atoms with E-state index in [9.17, 15) is 10.1 Å². The summed E-state index contributed by atoms with van der Waals surface area (Å²) in [5.74, 6) is 0. The number of hydrogen-bond donors (Lipinski definition) is 0. The van der Waals surface area contributed by atoms with E-state index in [0.717, 1.165) is 16.6 Å². The molecule has 0 amide bonds. The van der Waals surface area contributed by atoms with Gasteiger partial charge in [0, 0.05) is 12.1 Å². The summed E-state index contributed by atoms with van der Waals surface area (Å²) < 4.78 is 0. The van der Waals surface area contributed by atoms with E-state index in [4.69, 9.17) is 0 Å². The van der Waals surface area contributed by atoms with Gasteiger partial charge in [-0.15, -0.1) is 0 Å².